The van der Waals surface area contributed by atoms with E-state index in [4.69, 9.17) is 0 Å². The van der Waals surface area contributed by atoms with Crippen molar-refractivity contribution in [2.75, 3.05) is 25.0 Å². The minimum absolute atomic E-state index is 0.176. The van der Waals surface area contributed by atoms with Crippen LogP contribution in [0.15, 0.2) is 42.5 Å². The summed E-state index contributed by atoms with van der Waals surface area (Å²) in [6, 6.07) is 13.6. The third-order valence-electron chi connectivity index (χ3n) is 5.18. The van der Waals surface area contributed by atoms with Gasteiger partial charge in [0, 0.05) is 25.3 Å². The molecule has 3 rings (SSSR count). The highest BCUT2D eigenvalue weighted by Crippen LogP contribution is 2.23. The molecule has 1 heterocycles. The number of para-hydroxylation sites is 1. The molecule has 1 aliphatic heterocycles. The van der Waals surface area contributed by atoms with E-state index in [1.807, 2.05) is 63.2 Å². The lowest BCUT2D eigenvalue weighted by molar-refractivity contribution is -0.116. The summed E-state index contributed by atoms with van der Waals surface area (Å²) in [5, 5.41) is 2.90. The Morgan fingerprint density at radius 3 is 2.32 bits per heavy atom. The number of carbonyl (C=O) groups excluding carboxylic acids is 1. The van der Waals surface area contributed by atoms with E-state index in [-0.39, 0.29) is 12.5 Å². The van der Waals surface area contributed by atoms with Gasteiger partial charge in [0.1, 0.15) is 0 Å². The van der Waals surface area contributed by atoms with Crippen LogP contribution in [-0.2, 0) is 28.0 Å². The zero-order valence-electron chi connectivity index (χ0n) is 16.6. The van der Waals surface area contributed by atoms with Crippen molar-refractivity contribution in [1.82, 2.24) is 8.61 Å². The van der Waals surface area contributed by atoms with E-state index >= 15 is 0 Å². The second-order valence-electron chi connectivity index (χ2n) is 7.11. The van der Waals surface area contributed by atoms with Crippen LogP contribution in [0, 0.1) is 13.8 Å². The minimum atomic E-state index is -3.65. The number of aryl methyl sites for hydroxylation is 3. The number of nitrogens with zero attached hydrogens (tertiary/aromatic N) is 2. The van der Waals surface area contributed by atoms with Gasteiger partial charge in [0.25, 0.3) is 10.2 Å². The Labute approximate surface area is 167 Å². The Kier molecular flexibility index (Phi) is 6.17. The van der Waals surface area contributed by atoms with Crippen molar-refractivity contribution in [2.24, 2.45) is 0 Å². The normalized spacial score (nSPS) is 17.0. The zero-order valence-corrected chi connectivity index (χ0v) is 17.4. The average molecular weight is 402 g/mol. The van der Waals surface area contributed by atoms with Gasteiger partial charge in [0.2, 0.25) is 5.91 Å². The second kappa shape index (κ2) is 8.43. The molecule has 0 bridgehead atoms. The highest BCUT2D eigenvalue weighted by atomic mass is 32.2. The van der Waals surface area contributed by atoms with Crippen molar-refractivity contribution in [3.05, 3.63) is 64.7 Å². The van der Waals surface area contributed by atoms with Crippen LogP contribution in [0.5, 0.6) is 0 Å². The molecule has 1 saturated heterocycles. The predicted molar refractivity (Wildman–Crippen MR) is 111 cm³/mol. The summed E-state index contributed by atoms with van der Waals surface area (Å²) < 4.78 is 28.4. The van der Waals surface area contributed by atoms with Crippen LogP contribution in [0.4, 0.5) is 5.69 Å². The molecule has 1 fully saturated rings. The molecule has 0 aromatic heterocycles. The molecule has 1 amide bonds. The van der Waals surface area contributed by atoms with Crippen LogP contribution in [0.3, 0.4) is 0 Å². The van der Waals surface area contributed by atoms with Gasteiger partial charge in [0.05, 0.1) is 6.54 Å². The third kappa shape index (κ3) is 4.27. The Morgan fingerprint density at radius 2 is 1.61 bits per heavy atom. The van der Waals surface area contributed by atoms with Gasteiger partial charge in [-0.15, -0.1) is 0 Å². The minimum Gasteiger partial charge on any atom is -0.324 e. The first-order valence-electron chi connectivity index (χ1n) is 9.51. The van der Waals surface area contributed by atoms with Crippen molar-refractivity contribution in [2.45, 2.75) is 33.7 Å². The SMILES string of the molecule is CCc1cccc(C)c1NC(=O)CN1CCN(Cc2ccccc2C)S1(=O)=O. The maximum atomic E-state index is 12.9. The van der Waals surface area contributed by atoms with E-state index in [0.29, 0.717) is 19.6 Å². The van der Waals surface area contributed by atoms with Crippen LogP contribution in [0.25, 0.3) is 0 Å². The van der Waals surface area contributed by atoms with Gasteiger partial charge in [0.15, 0.2) is 0 Å². The maximum absolute atomic E-state index is 12.9. The fraction of sp³-hybridized carbons (Fsp3) is 0.381. The molecule has 0 saturated carbocycles. The molecule has 0 spiro atoms. The maximum Gasteiger partial charge on any atom is 0.282 e. The van der Waals surface area contributed by atoms with Crippen LogP contribution in [-0.4, -0.2) is 42.6 Å². The van der Waals surface area contributed by atoms with Crippen molar-refractivity contribution < 1.29 is 13.2 Å². The molecule has 2 aromatic rings. The van der Waals surface area contributed by atoms with Gasteiger partial charge < -0.3 is 5.32 Å². The smallest absolute Gasteiger partial charge is 0.282 e. The molecule has 7 heteroatoms. The van der Waals surface area contributed by atoms with Crippen molar-refractivity contribution in [3.63, 3.8) is 0 Å². The molecule has 0 radical (unpaired) electrons. The molecule has 1 N–H and O–H groups in total. The molecule has 0 aliphatic carbocycles. The van der Waals surface area contributed by atoms with E-state index in [1.54, 1.807) is 0 Å². The van der Waals surface area contributed by atoms with Crippen molar-refractivity contribution in [1.29, 1.82) is 0 Å². The quantitative estimate of drug-likeness (QED) is 0.809. The van der Waals surface area contributed by atoms with Gasteiger partial charge in [-0.3, -0.25) is 4.79 Å². The van der Waals surface area contributed by atoms with Crippen molar-refractivity contribution >= 4 is 21.8 Å². The second-order valence-corrected chi connectivity index (χ2v) is 9.04. The van der Waals surface area contributed by atoms with E-state index in [0.717, 1.165) is 34.4 Å². The van der Waals surface area contributed by atoms with E-state index in [9.17, 15) is 13.2 Å². The Bertz CT molecular complexity index is 973. The number of carbonyl (C=O) groups is 1. The number of hydrogen-bond acceptors (Lipinski definition) is 3. The molecule has 2 aromatic carbocycles. The number of rotatable bonds is 6. The standard InChI is InChI=1S/C21H27N3O3S/c1-4-18-11-7-9-17(3)21(18)22-20(25)15-24-13-12-23(28(24,26)27)14-19-10-6-5-8-16(19)2/h5-11H,4,12-15H2,1-3H3,(H,22,25). The number of benzene rings is 2. The first kappa shape index (κ1) is 20.5. The van der Waals surface area contributed by atoms with Crippen LogP contribution >= 0.6 is 0 Å². The van der Waals surface area contributed by atoms with Gasteiger partial charge in [-0.05, 0) is 42.5 Å². The average Bonchev–Trinajstić information content (AvgIpc) is 2.92. The van der Waals surface area contributed by atoms with Crippen LogP contribution < -0.4 is 5.32 Å². The molecule has 0 atom stereocenters. The van der Waals surface area contributed by atoms with Gasteiger partial charge in [-0.2, -0.15) is 17.0 Å². The molecule has 28 heavy (non-hydrogen) atoms. The van der Waals surface area contributed by atoms with E-state index in [2.05, 4.69) is 5.32 Å². The van der Waals surface area contributed by atoms with Gasteiger partial charge >= 0.3 is 0 Å². The zero-order chi connectivity index (χ0) is 20.3. The highest BCUT2D eigenvalue weighted by Gasteiger charge is 2.37. The molecule has 0 unspecified atom stereocenters. The lowest BCUT2D eigenvalue weighted by Gasteiger charge is -2.20. The lowest BCUT2D eigenvalue weighted by Crippen LogP contribution is -2.38. The van der Waals surface area contributed by atoms with Crippen LogP contribution in [0.2, 0.25) is 0 Å². The lowest BCUT2D eigenvalue weighted by atomic mass is 10.1. The first-order valence-corrected chi connectivity index (χ1v) is 10.9. The molecule has 150 valence electrons. The van der Waals surface area contributed by atoms with E-state index in [1.165, 1.54) is 8.61 Å². The Hall–Kier alpha value is -2.22. The van der Waals surface area contributed by atoms with Gasteiger partial charge in [-0.1, -0.05) is 49.4 Å². The fourth-order valence-corrected chi connectivity index (χ4v) is 4.99. The number of nitrogens with one attached hydrogen (secondary N) is 1. The van der Waals surface area contributed by atoms with E-state index < -0.39 is 10.2 Å². The largest absolute Gasteiger partial charge is 0.324 e. The van der Waals surface area contributed by atoms with Gasteiger partial charge in [-0.25, -0.2) is 0 Å². The highest BCUT2D eigenvalue weighted by molar-refractivity contribution is 7.87. The predicted octanol–water partition coefficient (Wildman–Crippen LogP) is 2.87. The summed E-state index contributed by atoms with van der Waals surface area (Å²) in [5.41, 5.74) is 4.82. The van der Waals surface area contributed by atoms with Crippen molar-refractivity contribution in [3.8, 4) is 0 Å². The summed E-state index contributed by atoms with van der Waals surface area (Å²) in [6.07, 6.45) is 0.795. The first-order chi connectivity index (χ1) is 13.3. The fourth-order valence-electron chi connectivity index (χ4n) is 3.46. The summed E-state index contributed by atoms with van der Waals surface area (Å²) in [5.74, 6) is -0.315. The summed E-state index contributed by atoms with van der Waals surface area (Å²) in [7, 11) is -3.65. The summed E-state index contributed by atoms with van der Waals surface area (Å²) >= 11 is 0. The Morgan fingerprint density at radius 1 is 0.964 bits per heavy atom. The number of hydrogen-bond donors (Lipinski definition) is 1. The van der Waals surface area contributed by atoms with Crippen LogP contribution in [0.1, 0.15) is 29.2 Å². The monoisotopic (exact) mass is 401 g/mol. The molecular weight excluding hydrogens is 374 g/mol. The number of anilines is 1. The number of amides is 1. The molecule has 6 nitrogen and oxygen atoms in total. The third-order valence-corrected chi connectivity index (χ3v) is 7.11. The topological polar surface area (TPSA) is 69.7 Å². The molecular formula is C21H27N3O3S. The summed E-state index contributed by atoms with van der Waals surface area (Å²) in [6.45, 7) is 6.78. The summed E-state index contributed by atoms with van der Waals surface area (Å²) in [4.78, 5) is 12.6. The molecule has 1 aliphatic rings. The Balaban J connectivity index is 1.69.